The number of carbonyl (C=O) groups excluding carboxylic acids is 1. The van der Waals surface area contributed by atoms with E-state index in [-0.39, 0.29) is 5.97 Å². The Balaban J connectivity index is 1.87. The molecule has 0 saturated heterocycles. The van der Waals surface area contributed by atoms with Gasteiger partial charge in [-0.2, -0.15) is 0 Å². The molecular formula is C16H14O3. The van der Waals surface area contributed by atoms with Crippen LogP contribution in [0.2, 0.25) is 0 Å². The van der Waals surface area contributed by atoms with Crippen molar-refractivity contribution >= 4 is 5.97 Å². The molecule has 2 aromatic rings. The van der Waals surface area contributed by atoms with E-state index in [9.17, 15) is 9.90 Å². The number of carbonyl (C=O) groups is 1. The van der Waals surface area contributed by atoms with Gasteiger partial charge >= 0.3 is 5.97 Å². The molecule has 1 aliphatic carbocycles. The Morgan fingerprint density at radius 3 is 2.68 bits per heavy atom. The summed E-state index contributed by atoms with van der Waals surface area (Å²) >= 11 is 0. The van der Waals surface area contributed by atoms with Crippen molar-refractivity contribution in [3.63, 3.8) is 0 Å². The summed E-state index contributed by atoms with van der Waals surface area (Å²) in [4.78, 5) is 12.0. The summed E-state index contributed by atoms with van der Waals surface area (Å²) in [6.07, 6.45) is 0.995. The molecule has 1 unspecified atom stereocenters. The number of hydrogen-bond acceptors (Lipinski definition) is 3. The van der Waals surface area contributed by atoms with Gasteiger partial charge in [0.25, 0.3) is 0 Å². The minimum Gasteiger partial charge on any atom is -0.423 e. The highest BCUT2D eigenvalue weighted by molar-refractivity contribution is 5.91. The molecule has 1 N–H and O–H groups in total. The Labute approximate surface area is 111 Å². The molecule has 0 heterocycles. The number of benzene rings is 2. The maximum Gasteiger partial charge on any atom is 0.343 e. The van der Waals surface area contributed by atoms with Crippen LogP contribution in [0.25, 0.3) is 0 Å². The van der Waals surface area contributed by atoms with Gasteiger partial charge in [-0.05, 0) is 36.6 Å². The van der Waals surface area contributed by atoms with E-state index in [2.05, 4.69) is 0 Å². The molecule has 2 aromatic carbocycles. The lowest BCUT2D eigenvalue weighted by Crippen LogP contribution is -2.09. The van der Waals surface area contributed by atoms with Gasteiger partial charge < -0.3 is 9.84 Å². The molecule has 0 aromatic heterocycles. The van der Waals surface area contributed by atoms with Crippen LogP contribution in [0.1, 0.15) is 34.0 Å². The van der Waals surface area contributed by atoms with Gasteiger partial charge in [0.2, 0.25) is 0 Å². The maximum absolute atomic E-state index is 12.0. The molecule has 0 saturated carbocycles. The fourth-order valence-electron chi connectivity index (χ4n) is 2.43. The average Bonchev–Trinajstić information content (AvgIpc) is 2.83. The van der Waals surface area contributed by atoms with Gasteiger partial charge in [-0.25, -0.2) is 4.79 Å². The Bertz CT molecular complexity index is 605. The van der Waals surface area contributed by atoms with Gasteiger partial charge in [-0.3, -0.25) is 0 Å². The standard InChI is InChI=1S/C16H14O3/c17-14-10-9-13-12(14)7-4-8-15(13)19-16(18)11-5-2-1-3-6-11/h1-8,14,17H,9-10H2. The number of aliphatic hydroxyl groups is 1. The zero-order valence-corrected chi connectivity index (χ0v) is 10.4. The highest BCUT2D eigenvalue weighted by Crippen LogP contribution is 2.36. The number of ether oxygens (including phenoxy) is 1. The third kappa shape index (κ3) is 2.25. The van der Waals surface area contributed by atoms with Crippen molar-refractivity contribution in [1.29, 1.82) is 0 Å². The van der Waals surface area contributed by atoms with Crippen LogP contribution in [0.3, 0.4) is 0 Å². The van der Waals surface area contributed by atoms with Crippen LogP contribution in [0, 0.1) is 0 Å². The van der Waals surface area contributed by atoms with Crippen LogP contribution in [0.4, 0.5) is 0 Å². The van der Waals surface area contributed by atoms with Crippen LogP contribution in [-0.2, 0) is 6.42 Å². The summed E-state index contributed by atoms with van der Waals surface area (Å²) in [7, 11) is 0. The zero-order chi connectivity index (χ0) is 13.2. The first-order chi connectivity index (χ1) is 9.25. The van der Waals surface area contributed by atoms with Crippen molar-refractivity contribution in [2.24, 2.45) is 0 Å². The summed E-state index contributed by atoms with van der Waals surface area (Å²) in [5.74, 6) is 0.193. The van der Waals surface area contributed by atoms with Crippen molar-refractivity contribution in [1.82, 2.24) is 0 Å². The lowest BCUT2D eigenvalue weighted by Gasteiger charge is -2.09. The second-order valence-electron chi connectivity index (χ2n) is 4.63. The summed E-state index contributed by atoms with van der Waals surface area (Å²) in [6.45, 7) is 0. The van der Waals surface area contributed by atoms with Crippen molar-refractivity contribution in [2.75, 3.05) is 0 Å². The molecular weight excluding hydrogens is 240 g/mol. The minimum atomic E-state index is -0.439. The predicted octanol–water partition coefficient (Wildman–Crippen LogP) is 2.89. The Kier molecular flexibility index (Phi) is 3.05. The highest BCUT2D eigenvalue weighted by atomic mass is 16.5. The van der Waals surface area contributed by atoms with Crippen LogP contribution in [0.5, 0.6) is 5.75 Å². The highest BCUT2D eigenvalue weighted by Gasteiger charge is 2.24. The molecule has 3 rings (SSSR count). The van der Waals surface area contributed by atoms with Gasteiger partial charge in [-0.15, -0.1) is 0 Å². The molecule has 0 bridgehead atoms. The quantitative estimate of drug-likeness (QED) is 0.662. The second-order valence-corrected chi connectivity index (χ2v) is 4.63. The monoisotopic (exact) mass is 254 g/mol. The largest absolute Gasteiger partial charge is 0.423 e. The zero-order valence-electron chi connectivity index (χ0n) is 10.4. The van der Waals surface area contributed by atoms with Crippen LogP contribution >= 0.6 is 0 Å². The van der Waals surface area contributed by atoms with Crippen molar-refractivity contribution in [3.8, 4) is 5.75 Å². The summed E-state index contributed by atoms with van der Waals surface area (Å²) < 4.78 is 5.44. The van der Waals surface area contributed by atoms with Gasteiger partial charge in [0.15, 0.2) is 0 Å². The predicted molar refractivity (Wildman–Crippen MR) is 71.1 cm³/mol. The van der Waals surface area contributed by atoms with Crippen molar-refractivity contribution in [2.45, 2.75) is 18.9 Å². The van der Waals surface area contributed by atoms with E-state index in [4.69, 9.17) is 4.74 Å². The molecule has 0 amide bonds. The van der Waals surface area contributed by atoms with Crippen molar-refractivity contribution in [3.05, 3.63) is 65.2 Å². The van der Waals surface area contributed by atoms with Crippen LogP contribution < -0.4 is 4.74 Å². The molecule has 0 aliphatic heterocycles. The first-order valence-electron chi connectivity index (χ1n) is 6.33. The molecule has 3 heteroatoms. The van der Waals surface area contributed by atoms with E-state index < -0.39 is 6.10 Å². The van der Waals surface area contributed by atoms with E-state index >= 15 is 0 Å². The number of esters is 1. The fraction of sp³-hybridized carbons (Fsp3) is 0.188. The van der Waals surface area contributed by atoms with Gasteiger partial charge in [0, 0.05) is 5.56 Å². The lowest BCUT2D eigenvalue weighted by molar-refractivity contribution is 0.0733. The first-order valence-corrected chi connectivity index (χ1v) is 6.33. The molecule has 1 atom stereocenters. The maximum atomic E-state index is 12.0. The number of aliphatic hydroxyl groups excluding tert-OH is 1. The van der Waals surface area contributed by atoms with Gasteiger partial charge in [-0.1, -0.05) is 30.3 Å². The van der Waals surface area contributed by atoms with Crippen molar-refractivity contribution < 1.29 is 14.6 Å². The lowest BCUT2D eigenvalue weighted by atomic mass is 10.1. The normalized spacial score (nSPS) is 17.0. The molecule has 3 nitrogen and oxygen atoms in total. The summed E-state index contributed by atoms with van der Waals surface area (Å²) in [5.41, 5.74) is 2.34. The number of rotatable bonds is 2. The average molecular weight is 254 g/mol. The van der Waals surface area contributed by atoms with E-state index in [1.165, 1.54) is 0 Å². The number of hydrogen-bond donors (Lipinski definition) is 1. The molecule has 0 spiro atoms. The van der Waals surface area contributed by atoms with E-state index in [1.807, 2.05) is 12.1 Å². The molecule has 96 valence electrons. The Morgan fingerprint density at radius 2 is 1.89 bits per heavy atom. The van der Waals surface area contributed by atoms with E-state index in [1.54, 1.807) is 36.4 Å². The molecule has 19 heavy (non-hydrogen) atoms. The first kappa shape index (κ1) is 11.9. The number of fused-ring (bicyclic) bond motifs is 1. The molecule has 0 radical (unpaired) electrons. The van der Waals surface area contributed by atoms with Crippen LogP contribution in [-0.4, -0.2) is 11.1 Å². The second kappa shape index (κ2) is 4.86. The topological polar surface area (TPSA) is 46.5 Å². The summed E-state index contributed by atoms with van der Waals surface area (Å²) in [5, 5.41) is 9.82. The van der Waals surface area contributed by atoms with E-state index in [0.717, 1.165) is 17.5 Å². The third-order valence-electron chi connectivity index (χ3n) is 3.41. The smallest absolute Gasteiger partial charge is 0.343 e. The van der Waals surface area contributed by atoms with Crippen LogP contribution in [0.15, 0.2) is 48.5 Å². The van der Waals surface area contributed by atoms with Gasteiger partial charge in [0.05, 0.1) is 11.7 Å². The SMILES string of the molecule is O=C(Oc1cccc2c1CCC2O)c1ccccc1. The third-order valence-corrected chi connectivity index (χ3v) is 3.41. The fourth-order valence-corrected chi connectivity index (χ4v) is 2.43. The Morgan fingerprint density at radius 1 is 1.11 bits per heavy atom. The summed E-state index contributed by atoms with van der Waals surface area (Å²) in [6, 6.07) is 14.4. The molecule has 0 fully saturated rings. The Hall–Kier alpha value is -2.13. The van der Waals surface area contributed by atoms with Gasteiger partial charge in [0.1, 0.15) is 5.75 Å². The molecule has 1 aliphatic rings. The van der Waals surface area contributed by atoms with E-state index in [0.29, 0.717) is 17.7 Å². The minimum absolute atomic E-state index is 0.365.